The fraction of sp³-hybridized carbons (Fsp3) is 0.652. The molecule has 172 valence electrons. The van der Waals surface area contributed by atoms with E-state index in [4.69, 9.17) is 19.2 Å². The molecule has 1 amide bonds. The summed E-state index contributed by atoms with van der Waals surface area (Å²) >= 11 is 0. The number of aliphatic imine (C=N–C) groups is 1. The smallest absolute Gasteiger partial charge is 0.225 e. The molecular weight excluding hydrogens is 396 g/mol. The molecule has 2 heterocycles. The van der Waals surface area contributed by atoms with Gasteiger partial charge in [-0.1, -0.05) is 6.07 Å². The Morgan fingerprint density at radius 3 is 2.61 bits per heavy atom. The van der Waals surface area contributed by atoms with Gasteiger partial charge < -0.3 is 29.3 Å². The number of amides is 1. The van der Waals surface area contributed by atoms with E-state index in [1.54, 1.807) is 7.11 Å². The van der Waals surface area contributed by atoms with Gasteiger partial charge in [-0.2, -0.15) is 0 Å². The number of carbonyl (C=O) groups is 1. The number of guanidine groups is 1. The number of likely N-dealkylation sites (tertiary alicyclic amines) is 1. The Kier molecular flexibility index (Phi) is 9.27. The SMILES string of the molecule is CCNC(=NCCCOc1cccc(OC)c1)N1CCC(C(=O)N2CCOCC2)CC1. The van der Waals surface area contributed by atoms with Gasteiger partial charge in [-0.15, -0.1) is 0 Å². The topological polar surface area (TPSA) is 75.6 Å². The zero-order valence-corrected chi connectivity index (χ0v) is 18.8. The molecule has 8 nitrogen and oxygen atoms in total. The van der Waals surface area contributed by atoms with Gasteiger partial charge >= 0.3 is 0 Å². The van der Waals surface area contributed by atoms with Gasteiger partial charge in [0.25, 0.3) is 0 Å². The molecule has 0 bridgehead atoms. The number of methoxy groups -OCH3 is 1. The van der Waals surface area contributed by atoms with Gasteiger partial charge in [0.1, 0.15) is 11.5 Å². The van der Waals surface area contributed by atoms with Crippen molar-refractivity contribution in [3.05, 3.63) is 24.3 Å². The van der Waals surface area contributed by atoms with E-state index >= 15 is 0 Å². The quantitative estimate of drug-likeness (QED) is 0.385. The zero-order chi connectivity index (χ0) is 21.9. The highest BCUT2D eigenvalue weighted by atomic mass is 16.5. The first-order chi connectivity index (χ1) is 15.2. The average molecular weight is 433 g/mol. The lowest BCUT2D eigenvalue weighted by molar-refractivity contribution is -0.140. The molecule has 0 aliphatic carbocycles. The number of piperidine rings is 1. The van der Waals surface area contributed by atoms with Gasteiger partial charge in [0.05, 0.1) is 26.9 Å². The number of nitrogens with zero attached hydrogens (tertiary/aromatic N) is 3. The molecule has 0 aromatic heterocycles. The number of carbonyl (C=O) groups excluding carboxylic acids is 1. The maximum Gasteiger partial charge on any atom is 0.225 e. The summed E-state index contributed by atoms with van der Waals surface area (Å²) in [7, 11) is 1.65. The number of nitrogens with one attached hydrogen (secondary N) is 1. The molecule has 1 aromatic rings. The van der Waals surface area contributed by atoms with Crippen LogP contribution in [0.5, 0.6) is 11.5 Å². The van der Waals surface area contributed by atoms with Crippen LogP contribution in [0.3, 0.4) is 0 Å². The van der Waals surface area contributed by atoms with Crippen LogP contribution in [0.1, 0.15) is 26.2 Å². The molecule has 2 aliphatic heterocycles. The van der Waals surface area contributed by atoms with Gasteiger partial charge in [-0.25, -0.2) is 0 Å². The van der Waals surface area contributed by atoms with E-state index in [2.05, 4.69) is 17.1 Å². The summed E-state index contributed by atoms with van der Waals surface area (Å²) in [4.78, 5) is 21.8. The molecule has 1 N–H and O–H groups in total. The molecule has 0 saturated carbocycles. The molecule has 3 rings (SSSR count). The maximum atomic E-state index is 12.7. The third-order valence-corrected chi connectivity index (χ3v) is 5.68. The van der Waals surface area contributed by atoms with Gasteiger partial charge in [-0.05, 0) is 31.9 Å². The van der Waals surface area contributed by atoms with Crippen molar-refractivity contribution in [1.29, 1.82) is 0 Å². The number of ether oxygens (including phenoxy) is 3. The van der Waals surface area contributed by atoms with Crippen molar-refractivity contribution in [3.63, 3.8) is 0 Å². The van der Waals surface area contributed by atoms with Crippen molar-refractivity contribution in [1.82, 2.24) is 15.1 Å². The van der Waals surface area contributed by atoms with Gasteiger partial charge in [0.15, 0.2) is 5.96 Å². The van der Waals surface area contributed by atoms with Crippen LogP contribution in [0.15, 0.2) is 29.3 Å². The number of benzene rings is 1. The third kappa shape index (κ3) is 7.02. The number of rotatable bonds is 8. The van der Waals surface area contributed by atoms with Crippen LogP contribution in [0, 0.1) is 5.92 Å². The second-order valence-electron chi connectivity index (χ2n) is 7.82. The van der Waals surface area contributed by atoms with Crippen LogP contribution in [-0.4, -0.2) is 87.9 Å². The summed E-state index contributed by atoms with van der Waals surface area (Å²) in [6.45, 7) is 8.67. The normalized spacial score (nSPS) is 18.1. The summed E-state index contributed by atoms with van der Waals surface area (Å²) in [6, 6.07) is 7.63. The lowest BCUT2D eigenvalue weighted by atomic mass is 9.95. The molecule has 1 aromatic carbocycles. The van der Waals surface area contributed by atoms with Crippen molar-refractivity contribution >= 4 is 11.9 Å². The molecular formula is C23H36N4O4. The van der Waals surface area contributed by atoms with Gasteiger partial charge in [0.2, 0.25) is 5.91 Å². The van der Waals surface area contributed by atoms with Crippen molar-refractivity contribution in [3.8, 4) is 11.5 Å². The van der Waals surface area contributed by atoms with Gasteiger partial charge in [0, 0.05) is 57.7 Å². The minimum absolute atomic E-state index is 0.119. The molecule has 0 unspecified atom stereocenters. The fourth-order valence-electron chi connectivity index (χ4n) is 3.94. The Bertz CT molecular complexity index is 713. The minimum atomic E-state index is 0.119. The van der Waals surface area contributed by atoms with Crippen LogP contribution in [0.2, 0.25) is 0 Å². The van der Waals surface area contributed by atoms with Crippen molar-refractivity contribution in [2.45, 2.75) is 26.2 Å². The molecule has 0 radical (unpaired) electrons. The Morgan fingerprint density at radius 2 is 1.90 bits per heavy atom. The van der Waals surface area contributed by atoms with Crippen molar-refractivity contribution in [2.24, 2.45) is 10.9 Å². The van der Waals surface area contributed by atoms with Crippen molar-refractivity contribution < 1.29 is 19.0 Å². The van der Waals surface area contributed by atoms with Crippen LogP contribution in [0.4, 0.5) is 0 Å². The van der Waals surface area contributed by atoms with E-state index in [0.29, 0.717) is 32.3 Å². The summed E-state index contributed by atoms with van der Waals surface area (Å²) < 4.78 is 16.4. The number of morpholine rings is 1. The van der Waals surface area contributed by atoms with E-state index in [1.807, 2.05) is 29.2 Å². The number of hydrogen-bond acceptors (Lipinski definition) is 5. The predicted molar refractivity (Wildman–Crippen MR) is 121 cm³/mol. The van der Waals surface area contributed by atoms with E-state index in [-0.39, 0.29) is 5.92 Å². The Balaban J connectivity index is 1.42. The standard InChI is InChI=1S/C23H36N4O4/c1-3-24-23(25-10-5-15-31-21-7-4-6-20(18-21)29-2)27-11-8-19(9-12-27)22(28)26-13-16-30-17-14-26/h4,6-7,18-19H,3,5,8-17H2,1-2H3,(H,24,25). The van der Waals surface area contributed by atoms with Crippen LogP contribution in [-0.2, 0) is 9.53 Å². The molecule has 8 heteroatoms. The Hall–Kier alpha value is -2.48. The molecule has 2 aliphatic rings. The lowest BCUT2D eigenvalue weighted by Crippen LogP contribution is -2.50. The van der Waals surface area contributed by atoms with E-state index in [9.17, 15) is 4.79 Å². The highest BCUT2D eigenvalue weighted by Crippen LogP contribution is 2.21. The molecule has 0 spiro atoms. The zero-order valence-electron chi connectivity index (χ0n) is 18.8. The van der Waals surface area contributed by atoms with Crippen LogP contribution < -0.4 is 14.8 Å². The molecule has 31 heavy (non-hydrogen) atoms. The first-order valence-electron chi connectivity index (χ1n) is 11.4. The predicted octanol–water partition coefficient (Wildman–Crippen LogP) is 2.00. The van der Waals surface area contributed by atoms with E-state index in [1.165, 1.54) is 0 Å². The number of hydrogen-bond donors (Lipinski definition) is 1. The first-order valence-corrected chi connectivity index (χ1v) is 11.4. The summed E-state index contributed by atoms with van der Waals surface area (Å²) in [5.41, 5.74) is 0. The highest BCUT2D eigenvalue weighted by Gasteiger charge is 2.30. The summed E-state index contributed by atoms with van der Waals surface area (Å²) in [6.07, 6.45) is 2.58. The average Bonchev–Trinajstić information content (AvgIpc) is 2.83. The molecule has 2 fully saturated rings. The third-order valence-electron chi connectivity index (χ3n) is 5.68. The second-order valence-corrected chi connectivity index (χ2v) is 7.82. The largest absolute Gasteiger partial charge is 0.497 e. The maximum absolute atomic E-state index is 12.7. The van der Waals surface area contributed by atoms with Crippen LogP contribution in [0.25, 0.3) is 0 Å². The van der Waals surface area contributed by atoms with Crippen LogP contribution >= 0.6 is 0 Å². The fourth-order valence-corrected chi connectivity index (χ4v) is 3.94. The highest BCUT2D eigenvalue weighted by molar-refractivity contribution is 5.81. The van der Waals surface area contributed by atoms with E-state index in [0.717, 1.165) is 69.4 Å². The second kappa shape index (κ2) is 12.4. The summed E-state index contributed by atoms with van der Waals surface area (Å²) in [5.74, 6) is 2.94. The van der Waals surface area contributed by atoms with E-state index < -0.39 is 0 Å². The van der Waals surface area contributed by atoms with Gasteiger partial charge in [-0.3, -0.25) is 9.79 Å². The Labute approximate surface area is 185 Å². The Morgan fingerprint density at radius 1 is 1.16 bits per heavy atom. The monoisotopic (exact) mass is 432 g/mol. The lowest BCUT2D eigenvalue weighted by Gasteiger charge is -2.36. The van der Waals surface area contributed by atoms with Crippen molar-refractivity contribution in [2.75, 3.05) is 66.2 Å². The molecule has 2 saturated heterocycles. The minimum Gasteiger partial charge on any atom is -0.497 e. The molecule has 0 atom stereocenters. The summed E-state index contributed by atoms with van der Waals surface area (Å²) in [5, 5.41) is 3.39. The first kappa shape index (κ1) is 23.2.